The van der Waals surface area contributed by atoms with Gasteiger partial charge in [-0.05, 0) is 170 Å². The summed E-state index contributed by atoms with van der Waals surface area (Å²) in [5.74, 6) is 2.44. The molecule has 4 fully saturated rings. The van der Waals surface area contributed by atoms with Gasteiger partial charge in [0.05, 0.1) is 64.8 Å². The Hall–Kier alpha value is -12.6. The van der Waals surface area contributed by atoms with Crippen molar-refractivity contribution in [2.75, 3.05) is 150 Å². The fraction of sp³-hybridized carbons (Fsp3) is 0.500. The molecule has 132 heavy (non-hydrogen) atoms. The maximum Gasteiger partial charge on any atom is 0.516 e. The minimum Gasteiger partial charge on any atom is -0.461 e. The third-order valence-corrected chi connectivity index (χ3v) is 22.1. The number of piperidine rings is 2. The number of ether oxygens (including phenoxy) is 12. The van der Waals surface area contributed by atoms with Crippen LogP contribution in [0.2, 0.25) is 0 Å². The molecule has 0 amide bonds. The first-order valence-corrected chi connectivity index (χ1v) is 44.9. The van der Waals surface area contributed by atoms with Crippen LogP contribution in [0.15, 0.2) is 102 Å². The summed E-state index contributed by atoms with van der Waals surface area (Å²) in [4.78, 5) is 93.0. The van der Waals surface area contributed by atoms with Gasteiger partial charge in [-0.15, -0.1) is 0 Å². The molecule has 708 valence electrons. The molecular weight excluding hydrogens is 1700 g/mol. The molecule has 1 aliphatic carbocycles. The highest BCUT2D eigenvalue weighted by Gasteiger charge is 2.29. The van der Waals surface area contributed by atoms with Gasteiger partial charge >= 0.3 is 54.1 Å². The molecule has 12 aromatic rings. The molecule has 9 N–H and O–H groups in total. The van der Waals surface area contributed by atoms with Crippen LogP contribution in [-0.4, -0.2) is 250 Å². The van der Waals surface area contributed by atoms with Crippen molar-refractivity contribution in [2.45, 2.75) is 170 Å². The molecule has 3 aliphatic heterocycles. The van der Waals surface area contributed by atoms with Crippen molar-refractivity contribution in [3.63, 3.8) is 0 Å². The van der Waals surface area contributed by atoms with Crippen LogP contribution in [0.4, 0.5) is 37.3 Å². The summed E-state index contributed by atoms with van der Waals surface area (Å²) in [5, 5.41) is 3.51. The Kier molecular flexibility index (Phi) is 34.9. The SMILES string of the molecule is CCn1c(=O)n(Cc2cccc(CNCC3CC3)c2)c2nc(OCCOC)nc(N)c21.COCCOc1nc(N)c2nc(C)n(Cc3cccc(CN4CCC4)c3)c2n1.COCCOc1nc(N)c2nc(OC(=O)OC(C)C)n(Cc3cccc(CN4CCC(F)CC4)c3)c2n1.COCCOc1nc(N)c2nc(OC(=O)OC(C)C)n(Cc3cccc(CN4CCCCC4)c3)c2n1. The van der Waals surface area contributed by atoms with E-state index in [0.717, 1.165) is 92.9 Å². The van der Waals surface area contributed by atoms with Crippen molar-refractivity contribution >= 4 is 80.2 Å². The fourth-order valence-corrected chi connectivity index (χ4v) is 15.3. The molecule has 1 saturated carbocycles. The number of nitrogen functional groups attached to an aromatic ring is 4. The van der Waals surface area contributed by atoms with Crippen LogP contribution in [0, 0.1) is 12.8 Å². The van der Waals surface area contributed by atoms with E-state index in [0.29, 0.717) is 124 Å². The number of nitrogens with one attached hydrogen (secondary N) is 1. The number of benzene rings is 4. The lowest BCUT2D eigenvalue weighted by atomic mass is 10.1. The van der Waals surface area contributed by atoms with Gasteiger partial charge in [0, 0.05) is 74.3 Å². The van der Waals surface area contributed by atoms with Gasteiger partial charge in [-0.25, -0.2) is 23.8 Å². The highest BCUT2D eigenvalue weighted by atomic mass is 19.1. The largest absolute Gasteiger partial charge is 0.516 e. The number of likely N-dealkylation sites (tertiary alicyclic amines) is 3. The number of carbonyl (C=O) groups is 2. The van der Waals surface area contributed by atoms with E-state index in [1.807, 2.05) is 56.3 Å². The predicted octanol–water partition coefficient (Wildman–Crippen LogP) is 10.5. The minimum absolute atomic E-state index is 0.0205. The van der Waals surface area contributed by atoms with Gasteiger partial charge in [-0.3, -0.25) is 33.0 Å². The molecule has 3 saturated heterocycles. The number of nitrogens with zero attached hydrogens (tertiary/aromatic N) is 19. The Morgan fingerprint density at radius 3 is 1.17 bits per heavy atom. The summed E-state index contributed by atoms with van der Waals surface area (Å²) in [6, 6.07) is 33.8. The number of fused-ring (bicyclic) bond motifs is 4. The molecule has 4 aliphatic rings. The van der Waals surface area contributed by atoms with E-state index in [4.69, 9.17) is 79.8 Å². The molecule has 8 aromatic heterocycles. The summed E-state index contributed by atoms with van der Waals surface area (Å²) in [5.41, 5.74) is 37.1. The number of anilines is 4. The third kappa shape index (κ3) is 27.1. The number of carbonyl (C=O) groups excluding carboxylic acids is 2. The maximum absolute atomic E-state index is 13.5. The van der Waals surface area contributed by atoms with Gasteiger partial charge in [0.2, 0.25) is 0 Å². The number of hydrogen-bond acceptors (Lipinski definition) is 34. The Bertz CT molecular complexity index is 5860. The Morgan fingerprint density at radius 2 is 0.773 bits per heavy atom. The highest BCUT2D eigenvalue weighted by molar-refractivity contribution is 5.86. The van der Waals surface area contributed by atoms with Crippen LogP contribution in [-0.2, 0) is 87.3 Å². The number of rotatable bonds is 39. The van der Waals surface area contributed by atoms with Crippen LogP contribution in [0.3, 0.4) is 0 Å². The number of aromatic nitrogens is 16. The lowest BCUT2D eigenvalue weighted by molar-refractivity contribution is 0.0679. The monoisotopic (exact) mass is 1820 g/mol. The van der Waals surface area contributed by atoms with Gasteiger partial charge in [0.15, 0.2) is 62.4 Å². The topological polar surface area (TPSA) is 454 Å². The van der Waals surface area contributed by atoms with E-state index in [-0.39, 0.29) is 96.7 Å². The fourth-order valence-electron chi connectivity index (χ4n) is 15.3. The zero-order chi connectivity index (χ0) is 93.2. The molecule has 0 bridgehead atoms. The molecule has 0 atom stereocenters. The van der Waals surface area contributed by atoms with Crippen molar-refractivity contribution in [1.82, 2.24) is 97.7 Å². The van der Waals surface area contributed by atoms with Crippen molar-refractivity contribution in [3.8, 4) is 36.1 Å². The second kappa shape index (κ2) is 47.5. The molecule has 40 heteroatoms. The zero-order valence-corrected chi connectivity index (χ0v) is 77.0. The average Bonchev–Trinajstić information content (AvgIpc) is 1.61. The Labute approximate surface area is 765 Å². The highest BCUT2D eigenvalue weighted by Crippen LogP contribution is 2.33. The van der Waals surface area contributed by atoms with E-state index < -0.39 is 18.5 Å². The minimum atomic E-state index is -0.889. The van der Waals surface area contributed by atoms with Crippen molar-refractivity contribution < 1.29 is 70.8 Å². The smallest absolute Gasteiger partial charge is 0.461 e. The van der Waals surface area contributed by atoms with Gasteiger partial charge in [-0.2, -0.15) is 49.8 Å². The van der Waals surface area contributed by atoms with E-state index in [2.05, 4.69) is 134 Å². The first kappa shape index (κ1) is 97.0. The van der Waals surface area contributed by atoms with E-state index in [9.17, 15) is 18.8 Å². The van der Waals surface area contributed by atoms with Crippen LogP contribution in [0.25, 0.3) is 44.7 Å². The Balaban J connectivity index is 0.000000150. The average molecular weight is 1820 g/mol. The van der Waals surface area contributed by atoms with Crippen LogP contribution in [0.5, 0.6) is 36.1 Å². The number of hydrogen-bond donors (Lipinski definition) is 5. The van der Waals surface area contributed by atoms with E-state index >= 15 is 0 Å². The summed E-state index contributed by atoms with van der Waals surface area (Å²) in [7, 11) is 6.36. The number of imidazole rings is 4. The summed E-state index contributed by atoms with van der Waals surface area (Å²) >= 11 is 0. The second-order valence-electron chi connectivity index (χ2n) is 33.2. The number of methoxy groups -OCH3 is 4. The third-order valence-electron chi connectivity index (χ3n) is 22.1. The van der Waals surface area contributed by atoms with Crippen molar-refractivity contribution in [2.24, 2.45) is 5.92 Å². The molecule has 16 rings (SSSR count). The number of halogens is 1. The summed E-state index contributed by atoms with van der Waals surface area (Å²) in [6.45, 7) is 26.3. The van der Waals surface area contributed by atoms with Crippen LogP contribution in [0.1, 0.15) is 136 Å². The van der Waals surface area contributed by atoms with Gasteiger partial charge < -0.3 is 89.7 Å². The van der Waals surface area contributed by atoms with Crippen LogP contribution < -0.4 is 62.4 Å². The lowest BCUT2D eigenvalue weighted by Crippen LogP contribution is -2.36. The van der Waals surface area contributed by atoms with E-state index in [1.54, 1.807) is 74.4 Å². The lowest BCUT2D eigenvalue weighted by Gasteiger charge is -2.30. The van der Waals surface area contributed by atoms with Crippen molar-refractivity contribution in [1.29, 1.82) is 0 Å². The predicted molar refractivity (Wildman–Crippen MR) is 495 cm³/mol. The number of aryl methyl sites for hydroxylation is 2. The molecule has 0 radical (unpaired) electrons. The molecule has 11 heterocycles. The Morgan fingerprint density at radius 1 is 0.417 bits per heavy atom. The number of nitrogens with two attached hydrogens (primary N) is 4. The zero-order valence-electron chi connectivity index (χ0n) is 77.0. The standard InChI is InChI=1S/C25H33FN6O5.C25H34N6O5.C22H30N6O3.C20H26N6O2/c1-16(2)36-25(33)37-24-28-20-21(27)29-23(35-12-11-34-3)30-22(20)32(24)15-18-6-4-5-17(13-18)14-31-9-7-19(26)8-10-31;1-17(2)35-25(32)36-24-27-20-21(26)28-23(34-13-12-33-3)29-22(20)31(24)16-19-9-7-8-18(14-19)15-30-10-5-4-6-11-30;1-3-27-18-19(23)25-21(31-10-9-30-2)26-20(18)28(22(27)29)14-17-6-4-5-16(11-17)13-24-12-15-7-8-15;1-14-22-17-18(21)23-20(28-10-9-27-2)24-19(17)26(14)13-16-6-3-5-15(11-16)12-25-7-4-8-25/h4-6,13,16,19H,7-12,14-15H2,1-3H3,(H2,27,29,30);7-9,14,17H,4-6,10-13,15-16H2,1-3H3,(H2,26,28,29);4-6,11,15,24H,3,7-10,12-14H2,1-2H3,(H2,23,25,26);3,5-6,11H,4,7-10,12-13H2,1-2H3,(H2,21,23,24). The number of alkyl halides is 1. The van der Waals surface area contributed by atoms with Crippen molar-refractivity contribution in [3.05, 3.63) is 158 Å². The summed E-state index contributed by atoms with van der Waals surface area (Å²) < 4.78 is 85.6. The summed E-state index contributed by atoms with van der Waals surface area (Å²) in [6.07, 6.45) is 5.70. The van der Waals surface area contributed by atoms with Gasteiger partial charge in [-0.1, -0.05) is 103 Å². The quantitative estimate of drug-likeness (QED) is 0.0176. The molecule has 0 unspecified atom stereocenters. The molecule has 4 aromatic carbocycles. The maximum atomic E-state index is 13.5. The second-order valence-corrected chi connectivity index (χ2v) is 33.2. The normalized spacial score (nSPS) is 14.3. The first-order chi connectivity index (χ1) is 64.0. The molecular formula is C92H123FN24O15. The van der Waals surface area contributed by atoms with Crippen LogP contribution >= 0.6 is 0 Å². The van der Waals surface area contributed by atoms with Gasteiger partial charge in [0.25, 0.3) is 0 Å². The molecule has 0 spiro atoms. The van der Waals surface area contributed by atoms with Gasteiger partial charge in [0.1, 0.15) is 43.9 Å². The van der Waals surface area contributed by atoms with E-state index in [1.165, 1.54) is 73.9 Å². The molecule has 39 nitrogen and oxygen atoms in total. The first-order valence-electron chi connectivity index (χ1n) is 44.9.